The number of halogens is 1. The van der Waals surface area contributed by atoms with E-state index in [0.717, 1.165) is 6.42 Å². The Balaban J connectivity index is 4.09. The highest BCUT2D eigenvalue weighted by Gasteiger charge is 2.21. The number of Topliss-reactive ketones (excluding diaryl/α,β-unsaturated/α-hetero) is 1. The molecule has 2 N–H and O–H groups in total. The van der Waals surface area contributed by atoms with Crippen molar-refractivity contribution in [2.24, 2.45) is 5.92 Å². The first-order valence-corrected chi connectivity index (χ1v) is 6.31. The van der Waals surface area contributed by atoms with Crippen molar-refractivity contribution in [3.63, 3.8) is 0 Å². The third kappa shape index (κ3) is 8.08. The predicted octanol–water partition coefficient (Wildman–Crippen LogP) is 2.05. The first-order valence-electron chi connectivity index (χ1n) is 5.78. The summed E-state index contributed by atoms with van der Waals surface area (Å²) < 4.78 is 5.24. The number of alkyl halides is 1. The van der Waals surface area contributed by atoms with Crippen molar-refractivity contribution in [2.75, 3.05) is 19.1 Å². The molecular weight excluding hydrogens is 258 g/mol. The molecule has 0 rings (SSSR count). The molecule has 6 heteroatoms. The van der Waals surface area contributed by atoms with Gasteiger partial charge >= 0.3 is 6.09 Å². The second kappa shape index (κ2) is 9.91. The van der Waals surface area contributed by atoms with Crippen LogP contribution < -0.4 is 5.32 Å². The van der Waals surface area contributed by atoms with E-state index in [2.05, 4.69) is 11.9 Å². The summed E-state index contributed by atoms with van der Waals surface area (Å²) >= 11 is 5.44. The van der Waals surface area contributed by atoms with Crippen molar-refractivity contribution < 1.29 is 19.4 Å². The van der Waals surface area contributed by atoms with Gasteiger partial charge in [-0.25, -0.2) is 4.79 Å². The molecule has 0 bridgehead atoms. The molecule has 0 radical (unpaired) electrons. The Hall–Kier alpha value is -1.07. The molecule has 0 aliphatic rings. The van der Waals surface area contributed by atoms with Crippen LogP contribution in [0.5, 0.6) is 0 Å². The standard InChI is InChI=1S/C12H20ClNO4/c1-3-5-18-6-4-9(2)7-10(11(15)8-13)14-12(16)17/h3,9-10,14H,1,4-8H2,2H3,(H,16,17)/t9-,10+/m1/s1. The molecule has 0 fully saturated rings. The number of hydrogen-bond acceptors (Lipinski definition) is 3. The summed E-state index contributed by atoms with van der Waals surface area (Å²) in [5, 5.41) is 10.8. The Morgan fingerprint density at radius 1 is 1.56 bits per heavy atom. The average Bonchev–Trinajstić information content (AvgIpc) is 2.32. The van der Waals surface area contributed by atoms with Crippen molar-refractivity contribution >= 4 is 23.5 Å². The molecule has 0 aromatic carbocycles. The number of nitrogens with one attached hydrogen (secondary N) is 1. The van der Waals surface area contributed by atoms with E-state index < -0.39 is 12.1 Å². The zero-order chi connectivity index (χ0) is 14.0. The van der Waals surface area contributed by atoms with E-state index in [4.69, 9.17) is 21.4 Å². The molecule has 0 heterocycles. The van der Waals surface area contributed by atoms with Gasteiger partial charge in [0.2, 0.25) is 0 Å². The number of carbonyl (C=O) groups is 2. The lowest BCUT2D eigenvalue weighted by molar-refractivity contribution is -0.119. The number of carbonyl (C=O) groups excluding carboxylic acids is 1. The fraction of sp³-hybridized carbons (Fsp3) is 0.667. The van der Waals surface area contributed by atoms with E-state index >= 15 is 0 Å². The maximum atomic E-state index is 11.5. The van der Waals surface area contributed by atoms with Gasteiger partial charge in [-0.05, 0) is 18.8 Å². The van der Waals surface area contributed by atoms with Gasteiger partial charge in [-0.2, -0.15) is 0 Å². The van der Waals surface area contributed by atoms with Crippen molar-refractivity contribution in [1.82, 2.24) is 5.32 Å². The van der Waals surface area contributed by atoms with Crippen LogP contribution in [0.3, 0.4) is 0 Å². The summed E-state index contributed by atoms with van der Waals surface area (Å²) in [7, 11) is 0. The normalized spacial score (nSPS) is 13.7. The average molecular weight is 278 g/mol. The second-order valence-electron chi connectivity index (χ2n) is 4.10. The molecule has 0 aliphatic carbocycles. The number of carboxylic acid groups (broad SMARTS) is 1. The summed E-state index contributed by atoms with van der Waals surface area (Å²) in [6, 6.07) is -0.741. The lowest BCUT2D eigenvalue weighted by Gasteiger charge is -2.19. The van der Waals surface area contributed by atoms with Crippen LogP contribution in [0, 0.1) is 5.92 Å². The zero-order valence-electron chi connectivity index (χ0n) is 10.5. The SMILES string of the molecule is C=CCOCC[C@@H](C)C[C@H](NC(=O)O)C(=O)CCl. The van der Waals surface area contributed by atoms with Crippen molar-refractivity contribution in [2.45, 2.75) is 25.8 Å². The van der Waals surface area contributed by atoms with E-state index in [1.807, 2.05) is 6.92 Å². The summed E-state index contributed by atoms with van der Waals surface area (Å²) in [6.07, 6.45) is 1.63. The smallest absolute Gasteiger partial charge is 0.405 e. The molecule has 0 aliphatic heterocycles. The number of ketones is 1. The Morgan fingerprint density at radius 2 is 2.22 bits per heavy atom. The molecule has 0 spiro atoms. The van der Waals surface area contributed by atoms with Crippen LogP contribution in [0.25, 0.3) is 0 Å². The maximum absolute atomic E-state index is 11.5. The van der Waals surface area contributed by atoms with Crippen LogP contribution in [-0.4, -0.2) is 42.1 Å². The quantitative estimate of drug-likeness (QED) is 0.364. The third-order valence-corrected chi connectivity index (χ3v) is 2.71. The first-order chi connectivity index (χ1) is 8.51. The van der Waals surface area contributed by atoms with E-state index in [1.54, 1.807) is 6.08 Å². The van der Waals surface area contributed by atoms with Crippen LogP contribution in [0.2, 0.25) is 0 Å². The summed E-state index contributed by atoms with van der Waals surface area (Å²) in [6.45, 7) is 6.52. The van der Waals surface area contributed by atoms with Crippen LogP contribution >= 0.6 is 11.6 Å². The van der Waals surface area contributed by atoms with Gasteiger partial charge in [-0.15, -0.1) is 18.2 Å². The van der Waals surface area contributed by atoms with Crippen LogP contribution in [0.1, 0.15) is 19.8 Å². The molecule has 5 nitrogen and oxygen atoms in total. The number of ether oxygens (including phenoxy) is 1. The van der Waals surface area contributed by atoms with E-state index in [-0.39, 0.29) is 17.6 Å². The van der Waals surface area contributed by atoms with Crippen LogP contribution in [0.4, 0.5) is 4.79 Å². The highest BCUT2D eigenvalue weighted by molar-refractivity contribution is 6.28. The number of rotatable bonds is 10. The van der Waals surface area contributed by atoms with Gasteiger partial charge in [0, 0.05) is 6.61 Å². The predicted molar refractivity (Wildman–Crippen MR) is 70.1 cm³/mol. The molecule has 0 unspecified atom stereocenters. The molecule has 18 heavy (non-hydrogen) atoms. The minimum atomic E-state index is -1.21. The van der Waals surface area contributed by atoms with Gasteiger partial charge in [0.1, 0.15) is 0 Å². The maximum Gasteiger partial charge on any atom is 0.405 e. The molecule has 2 atom stereocenters. The fourth-order valence-corrected chi connectivity index (χ4v) is 1.67. The molecule has 1 amide bonds. The molecule has 0 saturated heterocycles. The Bertz CT molecular complexity index is 283. The van der Waals surface area contributed by atoms with Gasteiger partial charge in [-0.3, -0.25) is 4.79 Å². The van der Waals surface area contributed by atoms with Crippen molar-refractivity contribution in [3.05, 3.63) is 12.7 Å². The van der Waals surface area contributed by atoms with Crippen LogP contribution in [-0.2, 0) is 9.53 Å². The Kier molecular flexibility index (Phi) is 9.32. The fourth-order valence-electron chi connectivity index (χ4n) is 1.48. The largest absolute Gasteiger partial charge is 0.465 e. The highest BCUT2D eigenvalue weighted by Crippen LogP contribution is 2.12. The number of hydrogen-bond donors (Lipinski definition) is 2. The van der Waals surface area contributed by atoms with E-state index in [0.29, 0.717) is 19.6 Å². The van der Waals surface area contributed by atoms with Crippen molar-refractivity contribution in [1.29, 1.82) is 0 Å². The molecule has 0 aromatic rings. The lowest BCUT2D eigenvalue weighted by Crippen LogP contribution is -2.41. The van der Waals surface area contributed by atoms with Crippen molar-refractivity contribution in [3.8, 4) is 0 Å². The molecule has 0 saturated carbocycles. The third-order valence-electron chi connectivity index (χ3n) is 2.45. The molecule has 0 aromatic heterocycles. The highest BCUT2D eigenvalue weighted by atomic mass is 35.5. The first kappa shape index (κ1) is 16.9. The van der Waals surface area contributed by atoms with Gasteiger partial charge in [0.15, 0.2) is 5.78 Å². The minimum absolute atomic E-state index is 0.166. The summed E-state index contributed by atoms with van der Waals surface area (Å²) in [5.41, 5.74) is 0. The topological polar surface area (TPSA) is 75.6 Å². The Morgan fingerprint density at radius 3 is 2.72 bits per heavy atom. The summed E-state index contributed by atoms with van der Waals surface area (Å²) in [5.74, 6) is -0.332. The number of amides is 1. The van der Waals surface area contributed by atoms with Crippen LogP contribution in [0.15, 0.2) is 12.7 Å². The van der Waals surface area contributed by atoms with Gasteiger partial charge in [-0.1, -0.05) is 13.0 Å². The van der Waals surface area contributed by atoms with E-state index in [1.165, 1.54) is 0 Å². The Labute approximate surface area is 112 Å². The second-order valence-corrected chi connectivity index (χ2v) is 4.36. The van der Waals surface area contributed by atoms with Gasteiger partial charge < -0.3 is 15.2 Å². The van der Waals surface area contributed by atoms with E-state index in [9.17, 15) is 9.59 Å². The molecule has 104 valence electrons. The van der Waals surface area contributed by atoms with Gasteiger partial charge in [0.25, 0.3) is 0 Å². The lowest BCUT2D eigenvalue weighted by atomic mass is 9.97. The minimum Gasteiger partial charge on any atom is -0.465 e. The zero-order valence-corrected chi connectivity index (χ0v) is 11.3. The molecular formula is C12H20ClNO4. The van der Waals surface area contributed by atoms with Gasteiger partial charge in [0.05, 0.1) is 18.5 Å². The monoisotopic (exact) mass is 277 g/mol. The summed E-state index contributed by atoms with van der Waals surface area (Å²) in [4.78, 5) is 22.0.